The van der Waals surface area contributed by atoms with Gasteiger partial charge in [0.05, 0.1) is 35.6 Å². The van der Waals surface area contributed by atoms with Gasteiger partial charge >= 0.3 is 0 Å². The van der Waals surface area contributed by atoms with Crippen LogP contribution in [0.25, 0.3) is 0 Å². The summed E-state index contributed by atoms with van der Waals surface area (Å²) in [7, 11) is 0. The minimum absolute atomic E-state index is 0.166. The molecule has 4 aliphatic carbocycles. The summed E-state index contributed by atoms with van der Waals surface area (Å²) in [5, 5.41) is 56.9. The van der Waals surface area contributed by atoms with E-state index in [1.165, 1.54) is 0 Å². The van der Waals surface area contributed by atoms with Gasteiger partial charge in [0.25, 0.3) is 0 Å². The molecule has 5 N–H and O–H groups in total. The number of ether oxygens (including phenoxy) is 1. The minimum atomic E-state index is -1.49. The van der Waals surface area contributed by atoms with Crippen molar-refractivity contribution in [3.63, 3.8) is 0 Å². The van der Waals surface area contributed by atoms with E-state index in [1.54, 1.807) is 13.8 Å². The number of epoxide rings is 1. The average Bonchev–Trinajstić information content (AvgIpc) is 3.22. The van der Waals surface area contributed by atoms with Crippen LogP contribution in [0.15, 0.2) is 0 Å². The van der Waals surface area contributed by atoms with Gasteiger partial charge < -0.3 is 30.3 Å². The topological polar surface area (TPSA) is 114 Å². The molecule has 0 amide bonds. The number of hydrogen-bond donors (Lipinski definition) is 5. The standard InChI is InChI=1S/C20H32O6/c1-16(2)15-12(26-15)13-18(4,24)10-6-5-9-14(22)19(10,8-17(9,3)23)7-11(21)20(13,16)25/h9-15,21-25H,5-8H2,1-4H3/t9-,10+,11-,12+,13+,14-,15+,17-,18-,19+,20-/m1/s1. The van der Waals surface area contributed by atoms with Crippen LogP contribution in [0.3, 0.4) is 0 Å². The Kier molecular flexibility index (Phi) is 3.08. The Labute approximate surface area is 154 Å². The van der Waals surface area contributed by atoms with E-state index in [-0.39, 0.29) is 30.5 Å². The van der Waals surface area contributed by atoms with Crippen molar-refractivity contribution in [2.45, 2.75) is 94.6 Å². The summed E-state index contributed by atoms with van der Waals surface area (Å²) in [5.74, 6) is -1.17. The first-order chi connectivity index (χ1) is 11.8. The molecule has 11 atom stereocenters. The van der Waals surface area contributed by atoms with Gasteiger partial charge in [-0.2, -0.15) is 0 Å². The fraction of sp³-hybridized carbons (Fsp3) is 1.00. The first kappa shape index (κ1) is 17.8. The van der Waals surface area contributed by atoms with Crippen LogP contribution < -0.4 is 0 Å². The largest absolute Gasteiger partial charge is 0.392 e. The van der Waals surface area contributed by atoms with Crippen LogP contribution in [0.1, 0.15) is 53.4 Å². The lowest BCUT2D eigenvalue weighted by molar-refractivity contribution is -0.222. The highest BCUT2D eigenvalue weighted by Gasteiger charge is 2.82. The number of aliphatic hydroxyl groups is 5. The van der Waals surface area contributed by atoms with Gasteiger partial charge in [0.15, 0.2) is 0 Å². The van der Waals surface area contributed by atoms with Gasteiger partial charge in [-0.15, -0.1) is 0 Å². The van der Waals surface area contributed by atoms with Crippen molar-refractivity contribution >= 4 is 0 Å². The van der Waals surface area contributed by atoms with Crippen molar-refractivity contribution < 1.29 is 30.3 Å². The molecule has 0 unspecified atom stereocenters. The zero-order chi connectivity index (χ0) is 19.1. The fourth-order valence-corrected chi connectivity index (χ4v) is 8.27. The van der Waals surface area contributed by atoms with E-state index in [0.717, 1.165) is 0 Å². The normalized spacial score (nSPS) is 68.0. The highest BCUT2D eigenvalue weighted by atomic mass is 16.6. The third-order valence-corrected chi connectivity index (χ3v) is 9.40. The van der Waals surface area contributed by atoms with Gasteiger partial charge in [0.1, 0.15) is 5.60 Å². The third kappa shape index (κ3) is 1.64. The fourth-order valence-electron chi connectivity index (χ4n) is 8.27. The van der Waals surface area contributed by atoms with Crippen LogP contribution in [0.4, 0.5) is 0 Å². The molecule has 1 saturated heterocycles. The molecular formula is C20H32O6. The summed E-state index contributed by atoms with van der Waals surface area (Å²) in [5.41, 5.74) is -5.30. The molecule has 6 nitrogen and oxygen atoms in total. The van der Waals surface area contributed by atoms with Crippen molar-refractivity contribution in [2.75, 3.05) is 0 Å². The number of aliphatic hydroxyl groups excluding tert-OH is 2. The Hall–Kier alpha value is -0.240. The summed E-state index contributed by atoms with van der Waals surface area (Å²) < 4.78 is 5.82. The summed E-state index contributed by atoms with van der Waals surface area (Å²) in [6, 6.07) is 0. The molecule has 0 aromatic heterocycles. The van der Waals surface area contributed by atoms with Crippen molar-refractivity contribution in [3.8, 4) is 0 Å². The van der Waals surface area contributed by atoms with Gasteiger partial charge in [-0.1, -0.05) is 13.8 Å². The molecule has 0 radical (unpaired) electrons. The SMILES string of the molecule is CC1(C)[C@H]2O[C@H]2[C@H]2[C@](C)(O)[C@@H]3CC[C@@H]4[C@@H](O)[C@@]3(C[C@@H](O)[C@@]21O)C[C@@]4(C)O. The molecule has 1 heterocycles. The second-order valence-corrected chi connectivity index (χ2v) is 10.9. The number of rotatable bonds is 0. The second-order valence-electron chi connectivity index (χ2n) is 10.9. The van der Waals surface area contributed by atoms with Crippen molar-refractivity contribution in [1.82, 2.24) is 0 Å². The lowest BCUT2D eigenvalue weighted by atomic mass is 9.57. The lowest BCUT2D eigenvalue weighted by Crippen LogP contribution is -2.63. The highest BCUT2D eigenvalue weighted by molar-refractivity contribution is 5.31. The van der Waals surface area contributed by atoms with Crippen molar-refractivity contribution in [2.24, 2.45) is 28.6 Å². The summed E-state index contributed by atoms with van der Waals surface area (Å²) in [6.07, 6.45) is -0.485. The first-order valence-corrected chi connectivity index (χ1v) is 10.0. The molecule has 1 aliphatic heterocycles. The Morgan fingerprint density at radius 3 is 2.27 bits per heavy atom. The van der Waals surface area contributed by atoms with Crippen LogP contribution in [-0.4, -0.2) is 66.8 Å². The monoisotopic (exact) mass is 368 g/mol. The van der Waals surface area contributed by atoms with Gasteiger partial charge in [0.2, 0.25) is 0 Å². The maximum absolute atomic E-state index is 11.8. The Balaban J connectivity index is 1.70. The molecule has 2 bridgehead atoms. The molecule has 6 heteroatoms. The van der Waals surface area contributed by atoms with Crippen LogP contribution in [0, 0.1) is 28.6 Å². The average molecular weight is 368 g/mol. The Bertz CT molecular complexity index is 659. The smallest absolute Gasteiger partial charge is 0.106 e. The molecule has 5 rings (SSSR count). The predicted octanol–water partition coefficient (Wildman–Crippen LogP) is 0.185. The van der Waals surface area contributed by atoms with E-state index < -0.39 is 45.8 Å². The van der Waals surface area contributed by atoms with E-state index in [1.807, 2.05) is 13.8 Å². The zero-order valence-corrected chi connectivity index (χ0v) is 16.0. The van der Waals surface area contributed by atoms with Gasteiger partial charge in [-0.05, 0) is 45.4 Å². The van der Waals surface area contributed by atoms with Gasteiger partial charge in [-0.25, -0.2) is 0 Å². The Morgan fingerprint density at radius 2 is 1.62 bits per heavy atom. The first-order valence-electron chi connectivity index (χ1n) is 10.0. The third-order valence-electron chi connectivity index (χ3n) is 9.40. The second kappa shape index (κ2) is 4.50. The molecule has 5 fully saturated rings. The lowest BCUT2D eigenvalue weighted by Gasteiger charge is -2.51. The van der Waals surface area contributed by atoms with E-state index >= 15 is 0 Å². The minimum Gasteiger partial charge on any atom is -0.392 e. The van der Waals surface area contributed by atoms with Crippen LogP contribution in [0.5, 0.6) is 0 Å². The highest BCUT2D eigenvalue weighted by Crippen LogP contribution is 2.72. The maximum Gasteiger partial charge on any atom is 0.106 e. The number of fused-ring (bicyclic) bond motifs is 4. The molecule has 148 valence electrons. The molecule has 1 spiro atoms. The summed E-state index contributed by atoms with van der Waals surface area (Å²) in [4.78, 5) is 0. The Morgan fingerprint density at radius 1 is 0.962 bits per heavy atom. The van der Waals surface area contributed by atoms with E-state index in [9.17, 15) is 25.5 Å². The zero-order valence-electron chi connectivity index (χ0n) is 16.0. The summed E-state index contributed by atoms with van der Waals surface area (Å²) >= 11 is 0. The van der Waals surface area contributed by atoms with Crippen LogP contribution in [0.2, 0.25) is 0 Å². The van der Waals surface area contributed by atoms with E-state index in [2.05, 4.69) is 0 Å². The summed E-state index contributed by atoms with van der Waals surface area (Å²) in [6.45, 7) is 7.29. The molecular weight excluding hydrogens is 336 g/mol. The molecule has 0 aromatic rings. The molecule has 4 saturated carbocycles. The molecule has 26 heavy (non-hydrogen) atoms. The number of hydrogen-bond acceptors (Lipinski definition) is 6. The van der Waals surface area contributed by atoms with Crippen LogP contribution in [-0.2, 0) is 4.74 Å². The molecule has 0 aromatic carbocycles. The van der Waals surface area contributed by atoms with Gasteiger partial charge in [-0.3, -0.25) is 0 Å². The van der Waals surface area contributed by atoms with Crippen LogP contribution >= 0.6 is 0 Å². The quantitative estimate of drug-likeness (QED) is 0.390. The van der Waals surface area contributed by atoms with E-state index in [4.69, 9.17) is 4.74 Å². The van der Waals surface area contributed by atoms with Crippen molar-refractivity contribution in [3.05, 3.63) is 0 Å². The predicted molar refractivity (Wildman–Crippen MR) is 92.0 cm³/mol. The van der Waals surface area contributed by atoms with Crippen molar-refractivity contribution in [1.29, 1.82) is 0 Å². The van der Waals surface area contributed by atoms with Gasteiger partial charge in [0, 0.05) is 22.7 Å². The maximum atomic E-state index is 11.8. The van der Waals surface area contributed by atoms with E-state index in [0.29, 0.717) is 19.3 Å². The molecule has 5 aliphatic rings.